The van der Waals surface area contributed by atoms with Crippen molar-refractivity contribution < 1.29 is 14.7 Å². The zero-order valence-corrected chi connectivity index (χ0v) is 9.88. The van der Waals surface area contributed by atoms with Gasteiger partial charge in [-0.2, -0.15) is 0 Å². The SMILES string of the molecule is Cc1c(C(=O)O)cccc1-c1ccccc1C=O. The van der Waals surface area contributed by atoms with Gasteiger partial charge >= 0.3 is 5.97 Å². The van der Waals surface area contributed by atoms with E-state index in [1.807, 2.05) is 18.2 Å². The summed E-state index contributed by atoms with van der Waals surface area (Å²) >= 11 is 0. The van der Waals surface area contributed by atoms with Crippen molar-refractivity contribution in [2.45, 2.75) is 6.92 Å². The predicted molar refractivity (Wildman–Crippen MR) is 69.0 cm³/mol. The summed E-state index contributed by atoms with van der Waals surface area (Å²) in [5, 5.41) is 9.09. The number of carbonyl (C=O) groups is 2. The number of carboxylic acids is 1. The van der Waals surface area contributed by atoms with Crippen molar-refractivity contribution in [1.29, 1.82) is 0 Å². The van der Waals surface area contributed by atoms with Gasteiger partial charge in [0.05, 0.1) is 5.56 Å². The summed E-state index contributed by atoms with van der Waals surface area (Å²) in [5.74, 6) is -0.960. The van der Waals surface area contributed by atoms with Gasteiger partial charge in [-0.15, -0.1) is 0 Å². The molecule has 3 nitrogen and oxygen atoms in total. The van der Waals surface area contributed by atoms with Crippen molar-refractivity contribution in [3.05, 3.63) is 59.2 Å². The molecule has 0 aromatic heterocycles. The molecule has 0 aliphatic carbocycles. The van der Waals surface area contributed by atoms with E-state index < -0.39 is 5.97 Å². The van der Waals surface area contributed by atoms with Gasteiger partial charge in [0.1, 0.15) is 0 Å². The van der Waals surface area contributed by atoms with E-state index in [9.17, 15) is 9.59 Å². The highest BCUT2D eigenvalue weighted by atomic mass is 16.4. The highest BCUT2D eigenvalue weighted by molar-refractivity contribution is 5.94. The molecule has 90 valence electrons. The number of carbonyl (C=O) groups excluding carboxylic acids is 1. The molecule has 0 saturated carbocycles. The Morgan fingerprint density at radius 2 is 1.72 bits per heavy atom. The van der Waals surface area contributed by atoms with Gasteiger partial charge in [-0.25, -0.2) is 4.79 Å². The maximum atomic E-state index is 11.1. The van der Waals surface area contributed by atoms with Gasteiger partial charge in [-0.05, 0) is 29.7 Å². The van der Waals surface area contributed by atoms with Crippen molar-refractivity contribution >= 4 is 12.3 Å². The van der Waals surface area contributed by atoms with E-state index in [4.69, 9.17) is 5.11 Å². The molecule has 2 aromatic carbocycles. The number of aldehydes is 1. The van der Waals surface area contributed by atoms with Crippen LogP contribution in [0.1, 0.15) is 26.3 Å². The molecule has 0 bridgehead atoms. The quantitative estimate of drug-likeness (QED) is 0.838. The summed E-state index contributed by atoms with van der Waals surface area (Å²) < 4.78 is 0. The summed E-state index contributed by atoms with van der Waals surface area (Å²) in [7, 11) is 0. The molecular weight excluding hydrogens is 228 g/mol. The maximum Gasteiger partial charge on any atom is 0.335 e. The fraction of sp³-hybridized carbons (Fsp3) is 0.0667. The smallest absolute Gasteiger partial charge is 0.335 e. The summed E-state index contributed by atoms with van der Waals surface area (Å²) in [6, 6.07) is 12.2. The van der Waals surface area contributed by atoms with Gasteiger partial charge in [-0.1, -0.05) is 36.4 Å². The molecule has 0 unspecified atom stereocenters. The minimum absolute atomic E-state index is 0.258. The van der Waals surface area contributed by atoms with E-state index >= 15 is 0 Å². The highest BCUT2D eigenvalue weighted by Crippen LogP contribution is 2.27. The summed E-state index contributed by atoms with van der Waals surface area (Å²) in [6.45, 7) is 1.75. The van der Waals surface area contributed by atoms with Crippen molar-refractivity contribution in [3.8, 4) is 11.1 Å². The van der Waals surface area contributed by atoms with Crippen molar-refractivity contribution in [2.75, 3.05) is 0 Å². The predicted octanol–water partition coefficient (Wildman–Crippen LogP) is 3.17. The monoisotopic (exact) mass is 240 g/mol. The van der Waals surface area contributed by atoms with Crippen LogP contribution in [0.2, 0.25) is 0 Å². The van der Waals surface area contributed by atoms with Crippen LogP contribution < -0.4 is 0 Å². The van der Waals surface area contributed by atoms with E-state index in [1.54, 1.807) is 31.2 Å². The lowest BCUT2D eigenvalue weighted by molar-refractivity contribution is 0.0696. The lowest BCUT2D eigenvalue weighted by Gasteiger charge is -2.10. The average molecular weight is 240 g/mol. The van der Waals surface area contributed by atoms with E-state index in [1.165, 1.54) is 0 Å². The Bertz CT molecular complexity index is 615. The topological polar surface area (TPSA) is 54.4 Å². The molecule has 1 N–H and O–H groups in total. The average Bonchev–Trinajstić information content (AvgIpc) is 2.38. The Hall–Kier alpha value is -2.42. The van der Waals surface area contributed by atoms with Gasteiger partial charge in [0, 0.05) is 5.56 Å². The molecule has 2 rings (SSSR count). The van der Waals surface area contributed by atoms with Crippen molar-refractivity contribution in [2.24, 2.45) is 0 Å². The standard InChI is InChI=1S/C15H12O3/c1-10-12(7-4-8-13(10)15(17)18)14-6-3-2-5-11(14)9-16/h2-9H,1H3,(H,17,18). The van der Waals surface area contributed by atoms with Crippen LogP contribution in [0.3, 0.4) is 0 Å². The Kier molecular flexibility index (Phi) is 3.24. The summed E-state index contributed by atoms with van der Waals surface area (Å²) in [4.78, 5) is 22.1. The lowest BCUT2D eigenvalue weighted by atomic mass is 9.93. The Labute approximate surface area is 105 Å². The molecule has 0 saturated heterocycles. The maximum absolute atomic E-state index is 11.1. The van der Waals surface area contributed by atoms with Gasteiger partial charge in [0.25, 0.3) is 0 Å². The van der Waals surface area contributed by atoms with Crippen LogP contribution in [0, 0.1) is 6.92 Å². The second-order valence-corrected chi connectivity index (χ2v) is 3.99. The summed E-state index contributed by atoms with van der Waals surface area (Å²) in [5.41, 5.74) is 3.02. The fourth-order valence-corrected chi connectivity index (χ4v) is 2.00. The second-order valence-electron chi connectivity index (χ2n) is 3.99. The Morgan fingerprint density at radius 1 is 1.06 bits per heavy atom. The number of carboxylic acid groups (broad SMARTS) is 1. The molecule has 0 spiro atoms. The molecule has 18 heavy (non-hydrogen) atoms. The second kappa shape index (κ2) is 4.84. The molecular formula is C15H12O3. The first-order chi connectivity index (χ1) is 8.65. The molecule has 0 heterocycles. The number of hydrogen-bond acceptors (Lipinski definition) is 2. The minimum atomic E-state index is -0.960. The first kappa shape index (κ1) is 12.0. The van der Waals surface area contributed by atoms with E-state index in [0.717, 1.165) is 17.4 Å². The van der Waals surface area contributed by atoms with Crippen LogP contribution in [-0.2, 0) is 0 Å². The Balaban J connectivity index is 2.68. The van der Waals surface area contributed by atoms with Gasteiger partial charge in [0.2, 0.25) is 0 Å². The third-order valence-corrected chi connectivity index (χ3v) is 2.94. The van der Waals surface area contributed by atoms with Gasteiger partial charge in [0.15, 0.2) is 6.29 Å². The van der Waals surface area contributed by atoms with E-state index in [-0.39, 0.29) is 5.56 Å². The minimum Gasteiger partial charge on any atom is -0.478 e. The first-order valence-corrected chi connectivity index (χ1v) is 5.52. The molecule has 0 atom stereocenters. The third-order valence-electron chi connectivity index (χ3n) is 2.94. The van der Waals surface area contributed by atoms with Crippen molar-refractivity contribution in [3.63, 3.8) is 0 Å². The van der Waals surface area contributed by atoms with E-state index in [0.29, 0.717) is 11.1 Å². The molecule has 2 aromatic rings. The fourth-order valence-electron chi connectivity index (χ4n) is 2.00. The van der Waals surface area contributed by atoms with Gasteiger partial charge in [-0.3, -0.25) is 4.79 Å². The number of benzene rings is 2. The molecule has 0 amide bonds. The molecule has 0 aliphatic heterocycles. The van der Waals surface area contributed by atoms with Crippen LogP contribution in [0.25, 0.3) is 11.1 Å². The van der Waals surface area contributed by atoms with Crippen LogP contribution in [-0.4, -0.2) is 17.4 Å². The number of aromatic carboxylic acids is 1. The molecule has 0 fully saturated rings. The summed E-state index contributed by atoms with van der Waals surface area (Å²) in [6.07, 6.45) is 0.780. The van der Waals surface area contributed by atoms with Crippen LogP contribution in [0.4, 0.5) is 0 Å². The van der Waals surface area contributed by atoms with Crippen LogP contribution in [0.15, 0.2) is 42.5 Å². The zero-order valence-electron chi connectivity index (χ0n) is 9.88. The van der Waals surface area contributed by atoms with Crippen LogP contribution >= 0.6 is 0 Å². The highest BCUT2D eigenvalue weighted by Gasteiger charge is 2.12. The van der Waals surface area contributed by atoms with Gasteiger partial charge < -0.3 is 5.11 Å². The van der Waals surface area contributed by atoms with Crippen molar-refractivity contribution in [1.82, 2.24) is 0 Å². The lowest BCUT2D eigenvalue weighted by Crippen LogP contribution is -2.01. The molecule has 0 radical (unpaired) electrons. The Morgan fingerprint density at radius 3 is 2.39 bits per heavy atom. The van der Waals surface area contributed by atoms with Crippen LogP contribution in [0.5, 0.6) is 0 Å². The largest absolute Gasteiger partial charge is 0.478 e. The molecule has 0 aliphatic rings. The number of hydrogen-bond donors (Lipinski definition) is 1. The molecule has 3 heteroatoms. The normalized spacial score (nSPS) is 10.1. The third kappa shape index (κ3) is 2.02. The number of rotatable bonds is 3. The zero-order chi connectivity index (χ0) is 13.1. The van der Waals surface area contributed by atoms with E-state index in [2.05, 4.69) is 0 Å². The first-order valence-electron chi connectivity index (χ1n) is 5.52.